The first-order valence-corrected chi connectivity index (χ1v) is 6.46. The van der Waals surface area contributed by atoms with Gasteiger partial charge in [-0.05, 0) is 17.7 Å². The third-order valence-electron chi connectivity index (χ3n) is 2.21. The molecule has 3 N–H and O–H groups in total. The summed E-state index contributed by atoms with van der Waals surface area (Å²) in [6.45, 7) is 0.134. The van der Waals surface area contributed by atoms with E-state index < -0.39 is 10.2 Å². The summed E-state index contributed by atoms with van der Waals surface area (Å²) in [4.78, 5) is 0. The third-order valence-corrected chi connectivity index (χ3v) is 2.75. The number of nitrogens with two attached hydrogens (primary N) is 1. The first-order chi connectivity index (χ1) is 8.06. The van der Waals surface area contributed by atoms with Crippen LogP contribution in [-0.2, 0) is 16.8 Å². The highest BCUT2D eigenvalue weighted by Gasteiger charge is 2.06. The van der Waals surface area contributed by atoms with Gasteiger partial charge in [-0.25, -0.2) is 9.82 Å². The highest BCUT2D eigenvalue weighted by Crippen LogP contribution is 2.13. The number of aromatic nitrogens is 2. The van der Waals surface area contributed by atoms with E-state index in [0.29, 0.717) is 0 Å². The molecule has 0 aliphatic heterocycles. The predicted octanol–water partition coefficient (Wildman–Crippen LogP) is 0.165. The molecule has 6 nitrogen and oxygen atoms in total. The van der Waals surface area contributed by atoms with Crippen LogP contribution in [0.4, 0.5) is 0 Å². The van der Waals surface area contributed by atoms with Crippen molar-refractivity contribution in [2.75, 3.05) is 0 Å². The molecule has 0 spiro atoms. The van der Waals surface area contributed by atoms with Crippen LogP contribution in [0, 0.1) is 0 Å². The number of benzene rings is 1. The van der Waals surface area contributed by atoms with E-state index in [1.165, 1.54) is 0 Å². The van der Waals surface area contributed by atoms with Gasteiger partial charge in [0.25, 0.3) is 10.2 Å². The smallest absolute Gasteiger partial charge is 0.241 e. The highest BCUT2D eigenvalue weighted by molar-refractivity contribution is 7.87. The van der Waals surface area contributed by atoms with E-state index in [9.17, 15) is 8.42 Å². The summed E-state index contributed by atoms with van der Waals surface area (Å²) in [6.07, 6.45) is 3.44. The van der Waals surface area contributed by atoms with E-state index in [-0.39, 0.29) is 6.54 Å². The van der Waals surface area contributed by atoms with Gasteiger partial charge in [0, 0.05) is 18.9 Å². The minimum Gasteiger partial charge on any atom is -0.241 e. The Morgan fingerprint density at radius 3 is 2.71 bits per heavy atom. The largest absolute Gasteiger partial charge is 0.274 e. The fraction of sp³-hybridized carbons (Fsp3) is 0.100. The molecule has 0 unspecified atom stereocenters. The Bertz CT molecular complexity index is 593. The number of nitrogens with zero attached hydrogens (tertiary/aromatic N) is 2. The average Bonchev–Trinajstić information content (AvgIpc) is 2.79. The van der Waals surface area contributed by atoms with Crippen LogP contribution in [0.2, 0.25) is 0 Å². The Kier molecular flexibility index (Phi) is 3.23. The van der Waals surface area contributed by atoms with Gasteiger partial charge in [-0.2, -0.15) is 18.2 Å². The standard InChI is InChI=1S/C10H12N4O2S/c11-17(15,16)13-8-9-4-1-2-5-10(9)14-7-3-6-12-14/h1-7,13H,8H2,(H2,11,15,16). The Morgan fingerprint density at radius 2 is 2.06 bits per heavy atom. The van der Waals surface area contributed by atoms with E-state index in [1.54, 1.807) is 23.1 Å². The molecular formula is C10H12N4O2S. The minimum absolute atomic E-state index is 0.134. The quantitative estimate of drug-likeness (QED) is 0.812. The average molecular weight is 252 g/mol. The van der Waals surface area contributed by atoms with Gasteiger partial charge in [-0.15, -0.1) is 0 Å². The molecular weight excluding hydrogens is 240 g/mol. The molecule has 0 radical (unpaired) electrons. The monoisotopic (exact) mass is 252 g/mol. The number of nitrogens with one attached hydrogen (secondary N) is 1. The van der Waals surface area contributed by atoms with Crippen molar-refractivity contribution in [1.82, 2.24) is 14.5 Å². The first kappa shape index (κ1) is 11.8. The summed E-state index contributed by atoms with van der Waals surface area (Å²) in [5.74, 6) is 0. The van der Waals surface area contributed by atoms with Crippen molar-refractivity contribution in [1.29, 1.82) is 0 Å². The molecule has 1 aromatic heterocycles. The molecule has 17 heavy (non-hydrogen) atoms. The summed E-state index contributed by atoms with van der Waals surface area (Å²) in [6, 6.07) is 9.15. The highest BCUT2D eigenvalue weighted by atomic mass is 32.2. The van der Waals surface area contributed by atoms with Gasteiger partial charge in [-0.1, -0.05) is 18.2 Å². The molecule has 0 saturated carbocycles. The molecule has 0 amide bonds. The zero-order valence-corrected chi connectivity index (χ0v) is 9.76. The maximum absolute atomic E-state index is 10.8. The summed E-state index contributed by atoms with van der Waals surface area (Å²) in [5.41, 5.74) is 1.61. The molecule has 2 aromatic rings. The van der Waals surface area contributed by atoms with Crippen LogP contribution in [0.1, 0.15) is 5.56 Å². The lowest BCUT2D eigenvalue weighted by molar-refractivity contribution is 0.583. The van der Waals surface area contributed by atoms with Gasteiger partial charge >= 0.3 is 0 Å². The summed E-state index contributed by atoms with van der Waals surface area (Å²) in [5, 5.41) is 8.99. The van der Waals surface area contributed by atoms with Crippen molar-refractivity contribution >= 4 is 10.2 Å². The lowest BCUT2D eigenvalue weighted by Gasteiger charge is -2.09. The molecule has 0 aliphatic carbocycles. The Balaban J connectivity index is 2.29. The van der Waals surface area contributed by atoms with E-state index >= 15 is 0 Å². The fourth-order valence-electron chi connectivity index (χ4n) is 1.47. The van der Waals surface area contributed by atoms with E-state index in [1.807, 2.05) is 24.3 Å². The SMILES string of the molecule is NS(=O)(=O)NCc1ccccc1-n1cccn1. The molecule has 2 rings (SSSR count). The van der Waals surface area contributed by atoms with Crippen molar-refractivity contribution in [2.45, 2.75) is 6.54 Å². The van der Waals surface area contributed by atoms with Crippen molar-refractivity contribution in [3.8, 4) is 5.69 Å². The molecule has 0 atom stereocenters. The van der Waals surface area contributed by atoms with Crippen LogP contribution in [0.15, 0.2) is 42.7 Å². The van der Waals surface area contributed by atoms with Crippen molar-refractivity contribution in [3.05, 3.63) is 48.3 Å². The second-order valence-corrected chi connectivity index (χ2v) is 4.82. The minimum atomic E-state index is -3.69. The maximum Gasteiger partial charge on any atom is 0.274 e. The molecule has 0 saturated heterocycles. The lowest BCUT2D eigenvalue weighted by Crippen LogP contribution is -2.30. The molecule has 1 heterocycles. The zero-order chi connectivity index (χ0) is 12.3. The van der Waals surface area contributed by atoms with Crippen LogP contribution in [-0.4, -0.2) is 18.2 Å². The van der Waals surface area contributed by atoms with Crippen molar-refractivity contribution in [2.24, 2.45) is 5.14 Å². The van der Waals surface area contributed by atoms with Crippen LogP contribution in [0.5, 0.6) is 0 Å². The van der Waals surface area contributed by atoms with Crippen molar-refractivity contribution in [3.63, 3.8) is 0 Å². The van der Waals surface area contributed by atoms with Gasteiger partial charge in [0.1, 0.15) is 0 Å². The van der Waals surface area contributed by atoms with Gasteiger partial charge in [0.2, 0.25) is 0 Å². The first-order valence-electron chi connectivity index (χ1n) is 4.91. The third kappa shape index (κ3) is 3.13. The Hall–Kier alpha value is -1.70. The molecule has 0 bridgehead atoms. The Labute approximate surface area is 99.2 Å². The maximum atomic E-state index is 10.8. The molecule has 1 aromatic carbocycles. The van der Waals surface area contributed by atoms with E-state index in [2.05, 4.69) is 9.82 Å². The summed E-state index contributed by atoms with van der Waals surface area (Å²) < 4.78 is 25.6. The topological polar surface area (TPSA) is 90.0 Å². The van der Waals surface area contributed by atoms with Crippen molar-refractivity contribution < 1.29 is 8.42 Å². The summed E-state index contributed by atoms with van der Waals surface area (Å²) in [7, 11) is -3.69. The van der Waals surface area contributed by atoms with Gasteiger partial charge in [-0.3, -0.25) is 0 Å². The molecule has 90 valence electrons. The molecule has 0 fully saturated rings. The van der Waals surface area contributed by atoms with Crippen LogP contribution >= 0.6 is 0 Å². The van der Waals surface area contributed by atoms with E-state index in [4.69, 9.17) is 5.14 Å². The fourth-order valence-corrected chi connectivity index (χ4v) is 1.83. The second kappa shape index (κ2) is 4.66. The Morgan fingerprint density at radius 1 is 1.29 bits per heavy atom. The lowest BCUT2D eigenvalue weighted by atomic mass is 10.2. The zero-order valence-electron chi connectivity index (χ0n) is 8.95. The second-order valence-electron chi connectivity index (χ2n) is 3.45. The normalized spacial score (nSPS) is 11.6. The van der Waals surface area contributed by atoms with Gasteiger partial charge in [0.15, 0.2) is 0 Å². The van der Waals surface area contributed by atoms with Gasteiger partial charge in [0.05, 0.1) is 5.69 Å². The number of hydrogen-bond acceptors (Lipinski definition) is 3. The number of hydrogen-bond donors (Lipinski definition) is 2. The van der Waals surface area contributed by atoms with Crippen LogP contribution in [0.25, 0.3) is 5.69 Å². The van der Waals surface area contributed by atoms with Crippen LogP contribution in [0.3, 0.4) is 0 Å². The molecule has 0 aliphatic rings. The van der Waals surface area contributed by atoms with Crippen LogP contribution < -0.4 is 9.86 Å². The summed E-state index contributed by atoms with van der Waals surface area (Å²) >= 11 is 0. The predicted molar refractivity (Wildman–Crippen MR) is 63.5 cm³/mol. The molecule has 7 heteroatoms. The number of para-hydroxylation sites is 1. The number of rotatable bonds is 4. The van der Waals surface area contributed by atoms with Gasteiger partial charge < -0.3 is 0 Å². The van der Waals surface area contributed by atoms with E-state index in [0.717, 1.165) is 11.3 Å².